The van der Waals surface area contributed by atoms with Crippen LogP contribution in [0.3, 0.4) is 0 Å². The third-order valence-corrected chi connectivity index (χ3v) is 4.76. The highest BCUT2D eigenvalue weighted by Gasteiger charge is 2.23. The lowest BCUT2D eigenvalue weighted by atomic mass is 9.95. The quantitative estimate of drug-likeness (QED) is 0.877. The van der Waals surface area contributed by atoms with E-state index < -0.39 is 0 Å². The third-order valence-electron chi connectivity index (χ3n) is 4.76. The molecule has 24 heavy (non-hydrogen) atoms. The van der Waals surface area contributed by atoms with Crippen LogP contribution in [0.25, 0.3) is 0 Å². The van der Waals surface area contributed by atoms with E-state index in [1.54, 1.807) is 0 Å². The number of aromatic amines is 1. The van der Waals surface area contributed by atoms with Gasteiger partial charge < -0.3 is 9.84 Å². The van der Waals surface area contributed by atoms with Gasteiger partial charge in [-0.2, -0.15) is 10.1 Å². The van der Waals surface area contributed by atoms with E-state index in [0.717, 1.165) is 29.8 Å². The van der Waals surface area contributed by atoms with Crippen LogP contribution >= 0.6 is 0 Å². The van der Waals surface area contributed by atoms with Crippen LogP contribution in [-0.4, -0.2) is 32.3 Å². The van der Waals surface area contributed by atoms with Gasteiger partial charge in [-0.05, 0) is 33.6 Å². The molecule has 0 radical (unpaired) electrons. The predicted molar refractivity (Wildman–Crippen MR) is 88.6 cm³/mol. The van der Waals surface area contributed by atoms with E-state index in [0.29, 0.717) is 17.8 Å². The van der Waals surface area contributed by atoms with Crippen molar-refractivity contribution >= 4 is 5.91 Å². The van der Waals surface area contributed by atoms with Crippen molar-refractivity contribution in [3.8, 4) is 0 Å². The molecule has 0 bridgehead atoms. The lowest BCUT2D eigenvalue weighted by Gasteiger charge is -2.22. The van der Waals surface area contributed by atoms with E-state index in [1.165, 1.54) is 19.3 Å². The van der Waals surface area contributed by atoms with Gasteiger partial charge in [0, 0.05) is 17.3 Å². The van der Waals surface area contributed by atoms with Crippen molar-refractivity contribution < 1.29 is 9.32 Å². The number of hydrogen-bond acceptors (Lipinski definition) is 5. The zero-order valence-corrected chi connectivity index (χ0v) is 14.6. The van der Waals surface area contributed by atoms with Crippen molar-refractivity contribution in [3.05, 3.63) is 28.7 Å². The normalized spacial score (nSPS) is 17.0. The van der Waals surface area contributed by atoms with Crippen LogP contribution in [0.2, 0.25) is 0 Å². The molecular weight excluding hydrogens is 306 g/mol. The summed E-state index contributed by atoms with van der Waals surface area (Å²) in [5.41, 5.74) is 2.99. The smallest absolute Gasteiger partial charge is 0.234 e. The second-order valence-electron chi connectivity index (χ2n) is 6.70. The number of rotatable bonds is 5. The molecule has 1 amide bonds. The zero-order valence-electron chi connectivity index (χ0n) is 14.6. The minimum atomic E-state index is -0.0496. The molecule has 2 N–H and O–H groups in total. The summed E-state index contributed by atoms with van der Waals surface area (Å²) in [4.78, 5) is 16.6. The van der Waals surface area contributed by atoms with Crippen LogP contribution in [-0.2, 0) is 11.2 Å². The van der Waals surface area contributed by atoms with Crippen molar-refractivity contribution in [3.63, 3.8) is 0 Å². The van der Waals surface area contributed by atoms with Crippen LogP contribution in [0, 0.1) is 13.8 Å². The molecule has 1 unspecified atom stereocenters. The monoisotopic (exact) mass is 331 g/mol. The van der Waals surface area contributed by atoms with E-state index in [2.05, 4.69) is 25.7 Å². The first-order valence-electron chi connectivity index (χ1n) is 8.68. The molecule has 0 aliphatic heterocycles. The molecule has 2 aromatic rings. The van der Waals surface area contributed by atoms with Gasteiger partial charge in [0.25, 0.3) is 0 Å². The lowest BCUT2D eigenvalue weighted by molar-refractivity contribution is -0.121. The Balaban J connectivity index is 1.61. The first kappa shape index (κ1) is 16.7. The summed E-state index contributed by atoms with van der Waals surface area (Å²) in [5, 5.41) is 14.2. The molecule has 1 aliphatic carbocycles. The molecule has 0 aromatic carbocycles. The number of nitrogens with zero attached hydrogens (tertiary/aromatic N) is 3. The number of hydrogen-bond donors (Lipinski definition) is 2. The highest BCUT2D eigenvalue weighted by Crippen LogP contribution is 2.27. The van der Waals surface area contributed by atoms with Crippen molar-refractivity contribution in [2.75, 3.05) is 0 Å². The second-order valence-corrected chi connectivity index (χ2v) is 6.70. The maximum Gasteiger partial charge on any atom is 0.234 e. The molecule has 1 atom stereocenters. The van der Waals surface area contributed by atoms with Crippen molar-refractivity contribution in [1.82, 2.24) is 25.7 Å². The summed E-state index contributed by atoms with van der Waals surface area (Å²) in [6, 6.07) is 0.299. The highest BCUT2D eigenvalue weighted by atomic mass is 16.5. The van der Waals surface area contributed by atoms with Crippen LogP contribution in [0.4, 0.5) is 0 Å². The Hall–Kier alpha value is -2.18. The first-order chi connectivity index (χ1) is 11.5. The number of nitrogens with one attached hydrogen (secondary N) is 2. The van der Waals surface area contributed by atoms with Crippen LogP contribution in [0.15, 0.2) is 4.52 Å². The molecule has 0 spiro atoms. The van der Waals surface area contributed by atoms with Crippen molar-refractivity contribution in [1.29, 1.82) is 0 Å². The van der Waals surface area contributed by atoms with Gasteiger partial charge in [0.05, 0.1) is 18.0 Å². The number of aromatic nitrogens is 4. The molecule has 1 aliphatic rings. The number of aryl methyl sites for hydroxylation is 2. The Morgan fingerprint density at radius 2 is 2.08 bits per heavy atom. The lowest BCUT2D eigenvalue weighted by Crippen LogP contribution is -2.37. The molecule has 3 rings (SSSR count). The fraction of sp³-hybridized carbons (Fsp3) is 0.647. The molecule has 7 heteroatoms. The summed E-state index contributed by atoms with van der Waals surface area (Å²) >= 11 is 0. The van der Waals surface area contributed by atoms with Crippen molar-refractivity contribution in [2.24, 2.45) is 0 Å². The van der Waals surface area contributed by atoms with Gasteiger partial charge in [0.15, 0.2) is 5.82 Å². The highest BCUT2D eigenvalue weighted by molar-refractivity contribution is 5.78. The molecule has 130 valence electrons. The Morgan fingerprint density at radius 1 is 1.33 bits per heavy atom. The summed E-state index contributed by atoms with van der Waals surface area (Å²) in [6.07, 6.45) is 5.95. The standard InChI is InChI=1S/C17H25N5O2/c1-10(16-11(2)20-21-12(16)3)17-19-14(22-24-17)9-15(23)18-13-7-5-4-6-8-13/h10,13H,4-9H2,1-3H3,(H,18,23)(H,20,21). The summed E-state index contributed by atoms with van der Waals surface area (Å²) in [6.45, 7) is 5.93. The summed E-state index contributed by atoms with van der Waals surface area (Å²) in [5.74, 6) is 0.871. The maximum atomic E-state index is 12.1. The Labute approximate surface area is 141 Å². The fourth-order valence-electron chi connectivity index (χ4n) is 3.51. The zero-order chi connectivity index (χ0) is 17.1. The Bertz CT molecular complexity index is 680. The second kappa shape index (κ2) is 7.15. The molecule has 2 aromatic heterocycles. The number of H-pyrrole nitrogens is 1. The topological polar surface area (TPSA) is 96.7 Å². The molecule has 1 fully saturated rings. The third kappa shape index (κ3) is 3.66. The predicted octanol–water partition coefficient (Wildman–Crippen LogP) is 2.55. The largest absolute Gasteiger partial charge is 0.353 e. The summed E-state index contributed by atoms with van der Waals surface area (Å²) in [7, 11) is 0. The van der Waals surface area contributed by atoms with Gasteiger partial charge in [-0.25, -0.2) is 0 Å². The Morgan fingerprint density at radius 3 is 2.75 bits per heavy atom. The fourth-order valence-corrected chi connectivity index (χ4v) is 3.51. The minimum Gasteiger partial charge on any atom is -0.353 e. The Kier molecular flexibility index (Phi) is 4.97. The number of carbonyl (C=O) groups is 1. The van der Waals surface area contributed by atoms with Crippen LogP contribution < -0.4 is 5.32 Å². The van der Waals surface area contributed by atoms with Crippen molar-refractivity contribution in [2.45, 2.75) is 71.3 Å². The van der Waals surface area contributed by atoms with E-state index in [-0.39, 0.29) is 18.2 Å². The molecule has 2 heterocycles. The minimum absolute atomic E-state index is 0.0300. The van der Waals surface area contributed by atoms with Crippen LogP contribution in [0.1, 0.15) is 73.6 Å². The van der Waals surface area contributed by atoms with Crippen LogP contribution in [0.5, 0.6) is 0 Å². The van der Waals surface area contributed by atoms with E-state index in [9.17, 15) is 4.79 Å². The van der Waals surface area contributed by atoms with E-state index >= 15 is 0 Å². The van der Waals surface area contributed by atoms with E-state index in [1.807, 2.05) is 20.8 Å². The van der Waals surface area contributed by atoms with Gasteiger partial charge in [-0.15, -0.1) is 0 Å². The molecule has 0 saturated heterocycles. The maximum absolute atomic E-state index is 12.1. The number of amides is 1. The van der Waals surface area contributed by atoms with E-state index in [4.69, 9.17) is 4.52 Å². The number of carbonyl (C=O) groups excluding carboxylic acids is 1. The molecule has 7 nitrogen and oxygen atoms in total. The molecular formula is C17H25N5O2. The molecule has 1 saturated carbocycles. The van der Waals surface area contributed by atoms with Gasteiger partial charge in [-0.3, -0.25) is 9.89 Å². The van der Waals surface area contributed by atoms with Gasteiger partial charge in [0.2, 0.25) is 11.8 Å². The van der Waals surface area contributed by atoms with Gasteiger partial charge in [0.1, 0.15) is 0 Å². The van der Waals surface area contributed by atoms with Gasteiger partial charge >= 0.3 is 0 Å². The SMILES string of the molecule is Cc1n[nH]c(C)c1C(C)c1nc(CC(=O)NC2CCCCC2)no1. The van der Waals surface area contributed by atoms with Gasteiger partial charge in [-0.1, -0.05) is 24.4 Å². The summed E-state index contributed by atoms with van der Waals surface area (Å²) < 4.78 is 5.37. The average Bonchev–Trinajstić information content (AvgIpc) is 3.15. The average molecular weight is 331 g/mol. The first-order valence-corrected chi connectivity index (χ1v) is 8.68.